The maximum Gasteiger partial charge on any atom is 0.334 e. The number of likely N-dealkylation sites (N-methyl/N-ethyl adjacent to an activating group) is 1. The van der Waals surface area contributed by atoms with Crippen molar-refractivity contribution in [2.24, 2.45) is 0 Å². The first-order valence-corrected chi connectivity index (χ1v) is 5.60. The van der Waals surface area contributed by atoms with Gasteiger partial charge in [-0.05, 0) is 34.4 Å². The molecule has 17 heavy (non-hydrogen) atoms. The minimum absolute atomic E-state index is 0. The molecule has 0 aromatic heterocycles. The van der Waals surface area contributed by atoms with Gasteiger partial charge in [0.2, 0.25) is 0 Å². The maximum absolute atomic E-state index is 11.3. The van der Waals surface area contributed by atoms with Crippen molar-refractivity contribution >= 4 is 30.0 Å². The van der Waals surface area contributed by atoms with E-state index in [9.17, 15) is 9.90 Å². The highest BCUT2D eigenvalue weighted by Crippen LogP contribution is 2.06. The summed E-state index contributed by atoms with van der Waals surface area (Å²) in [4.78, 5) is 13.2. The molecule has 0 aromatic carbocycles. The Balaban J connectivity index is 0. The van der Waals surface area contributed by atoms with E-state index in [2.05, 4.69) is 0 Å². The van der Waals surface area contributed by atoms with Gasteiger partial charge in [-0.25, -0.2) is 4.79 Å². The van der Waals surface area contributed by atoms with E-state index in [-0.39, 0.29) is 25.1 Å². The molecular formula is C11H21Cl2NO3. The molecule has 0 aliphatic carbocycles. The molecule has 102 valence electrons. The summed E-state index contributed by atoms with van der Waals surface area (Å²) < 4.78 is 5.07. The molecule has 4 nitrogen and oxygen atoms in total. The van der Waals surface area contributed by atoms with Crippen molar-refractivity contribution in [2.45, 2.75) is 32.4 Å². The molecule has 0 saturated carbocycles. The van der Waals surface area contributed by atoms with Gasteiger partial charge < -0.3 is 14.7 Å². The zero-order valence-electron chi connectivity index (χ0n) is 10.6. The van der Waals surface area contributed by atoms with Gasteiger partial charge in [-0.3, -0.25) is 0 Å². The van der Waals surface area contributed by atoms with E-state index >= 15 is 0 Å². The van der Waals surface area contributed by atoms with Crippen LogP contribution in [0.5, 0.6) is 0 Å². The van der Waals surface area contributed by atoms with E-state index in [1.807, 2.05) is 19.0 Å². The summed E-state index contributed by atoms with van der Waals surface area (Å²) in [6, 6.07) is 0.00655. The second-order valence-electron chi connectivity index (χ2n) is 4.09. The van der Waals surface area contributed by atoms with Crippen LogP contribution in [-0.4, -0.2) is 48.8 Å². The standard InChI is InChI=1S/C11H20ClNO3.ClH/c1-8(6-12)11(15)16-7-10(13(3)4)5-9(2)14;/h6,9-10,14H,5,7H2,1-4H3;1H. The molecule has 0 aromatic rings. The van der Waals surface area contributed by atoms with Gasteiger partial charge in [0, 0.05) is 17.2 Å². The zero-order valence-corrected chi connectivity index (χ0v) is 12.2. The SMILES string of the molecule is CC(=CCl)C(=O)OCC(CC(C)O)N(C)C.Cl. The molecule has 0 saturated heterocycles. The Morgan fingerprint density at radius 2 is 2.06 bits per heavy atom. The van der Waals surface area contributed by atoms with E-state index < -0.39 is 12.1 Å². The lowest BCUT2D eigenvalue weighted by Crippen LogP contribution is -2.36. The molecule has 0 fully saturated rings. The van der Waals surface area contributed by atoms with Crippen LogP contribution in [0.4, 0.5) is 0 Å². The number of nitrogens with zero attached hydrogens (tertiary/aromatic N) is 1. The van der Waals surface area contributed by atoms with Crippen LogP contribution in [0.1, 0.15) is 20.3 Å². The van der Waals surface area contributed by atoms with Crippen LogP contribution in [0.2, 0.25) is 0 Å². The van der Waals surface area contributed by atoms with Crippen molar-refractivity contribution in [3.05, 3.63) is 11.1 Å². The van der Waals surface area contributed by atoms with Crippen LogP contribution >= 0.6 is 24.0 Å². The molecule has 2 atom stereocenters. The predicted molar refractivity (Wildman–Crippen MR) is 71.6 cm³/mol. The molecule has 0 bridgehead atoms. The predicted octanol–water partition coefficient (Wildman–Crippen LogP) is 1.80. The Labute approximate surface area is 114 Å². The Morgan fingerprint density at radius 3 is 2.41 bits per heavy atom. The number of hydrogen-bond acceptors (Lipinski definition) is 4. The zero-order chi connectivity index (χ0) is 12.7. The molecular weight excluding hydrogens is 265 g/mol. The molecule has 0 amide bonds. The van der Waals surface area contributed by atoms with Gasteiger partial charge in [0.05, 0.1) is 6.10 Å². The Bertz CT molecular complexity index is 255. The average molecular weight is 286 g/mol. The van der Waals surface area contributed by atoms with Crippen molar-refractivity contribution in [2.75, 3.05) is 20.7 Å². The minimum atomic E-state index is -0.424. The van der Waals surface area contributed by atoms with Crippen LogP contribution in [0.25, 0.3) is 0 Å². The number of esters is 1. The fourth-order valence-electron chi connectivity index (χ4n) is 1.15. The average Bonchev–Trinajstić information content (AvgIpc) is 2.21. The summed E-state index contributed by atoms with van der Waals surface area (Å²) in [7, 11) is 3.76. The highest BCUT2D eigenvalue weighted by molar-refractivity contribution is 6.27. The molecule has 0 heterocycles. The number of ether oxygens (including phenoxy) is 1. The number of carbonyl (C=O) groups is 1. The molecule has 0 radical (unpaired) electrons. The smallest absolute Gasteiger partial charge is 0.334 e. The molecule has 1 N–H and O–H groups in total. The lowest BCUT2D eigenvalue weighted by Gasteiger charge is -2.25. The molecule has 6 heteroatoms. The van der Waals surface area contributed by atoms with Crippen LogP contribution in [0.3, 0.4) is 0 Å². The fraction of sp³-hybridized carbons (Fsp3) is 0.727. The second kappa shape index (κ2) is 9.71. The van der Waals surface area contributed by atoms with E-state index in [1.54, 1.807) is 13.8 Å². The largest absolute Gasteiger partial charge is 0.461 e. The van der Waals surface area contributed by atoms with Gasteiger partial charge in [0.25, 0.3) is 0 Å². The molecule has 0 spiro atoms. The third-order valence-electron chi connectivity index (χ3n) is 2.24. The number of aliphatic hydroxyl groups is 1. The summed E-state index contributed by atoms with van der Waals surface area (Å²) in [5.74, 6) is -0.424. The van der Waals surface area contributed by atoms with Gasteiger partial charge in [-0.1, -0.05) is 11.6 Å². The molecule has 0 rings (SSSR count). The first kappa shape index (κ1) is 19.1. The normalized spacial score (nSPS) is 15.1. The third kappa shape index (κ3) is 8.44. The number of aliphatic hydroxyl groups excluding tert-OH is 1. The molecule has 0 aliphatic heterocycles. The minimum Gasteiger partial charge on any atom is -0.461 e. The summed E-state index contributed by atoms with van der Waals surface area (Å²) in [6.45, 7) is 3.55. The first-order valence-electron chi connectivity index (χ1n) is 5.17. The van der Waals surface area contributed by atoms with Crippen LogP contribution < -0.4 is 0 Å². The van der Waals surface area contributed by atoms with E-state index in [4.69, 9.17) is 16.3 Å². The summed E-state index contributed by atoms with van der Waals surface area (Å²) in [6.07, 6.45) is 0.139. The van der Waals surface area contributed by atoms with Gasteiger partial charge in [-0.2, -0.15) is 0 Å². The quantitative estimate of drug-likeness (QED) is 0.597. The van der Waals surface area contributed by atoms with Crippen LogP contribution in [-0.2, 0) is 9.53 Å². The van der Waals surface area contributed by atoms with Gasteiger partial charge in [0.1, 0.15) is 6.61 Å². The van der Waals surface area contributed by atoms with Gasteiger partial charge >= 0.3 is 5.97 Å². The van der Waals surface area contributed by atoms with Crippen molar-refractivity contribution in [1.29, 1.82) is 0 Å². The van der Waals surface area contributed by atoms with Crippen molar-refractivity contribution in [1.82, 2.24) is 4.90 Å². The number of carbonyl (C=O) groups excluding carboxylic acids is 1. The lowest BCUT2D eigenvalue weighted by atomic mass is 10.1. The van der Waals surface area contributed by atoms with Crippen molar-refractivity contribution < 1.29 is 14.6 Å². The molecule has 2 unspecified atom stereocenters. The Morgan fingerprint density at radius 1 is 1.53 bits per heavy atom. The van der Waals surface area contributed by atoms with E-state index in [0.29, 0.717) is 12.0 Å². The van der Waals surface area contributed by atoms with Crippen LogP contribution in [0.15, 0.2) is 11.1 Å². The monoisotopic (exact) mass is 285 g/mol. The highest BCUT2D eigenvalue weighted by atomic mass is 35.5. The number of hydrogen-bond donors (Lipinski definition) is 1. The fourth-order valence-corrected chi connectivity index (χ4v) is 1.24. The van der Waals surface area contributed by atoms with Crippen LogP contribution in [0, 0.1) is 0 Å². The van der Waals surface area contributed by atoms with Crippen molar-refractivity contribution in [3.63, 3.8) is 0 Å². The Hall–Kier alpha value is -0.290. The first-order chi connectivity index (χ1) is 7.38. The number of rotatable bonds is 6. The molecule has 0 aliphatic rings. The van der Waals surface area contributed by atoms with Gasteiger partial charge in [-0.15, -0.1) is 12.4 Å². The lowest BCUT2D eigenvalue weighted by molar-refractivity contribution is -0.140. The number of halogens is 2. The second-order valence-corrected chi connectivity index (χ2v) is 4.31. The third-order valence-corrected chi connectivity index (χ3v) is 2.56. The Kier molecular flexibility index (Phi) is 10.9. The van der Waals surface area contributed by atoms with Gasteiger partial charge in [0.15, 0.2) is 0 Å². The highest BCUT2D eigenvalue weighted by Gasteiger charge is 2.16. The van der Waals surface area contributed by atoms with Crippen molar-refractivity contribution in [3.8, 4) is 0 Å². The maximum atomic E-state index is 11.3. The van der Waals surface area contributed by atoms with E-state index in [1.165, 1.54) is 5.54 Å². The topological polar surface area (TPSA) is 49.8 Å². The summed E-state index contributed by atoms with van der Waals surface area (Å²) >= 11 is 5.40. The summed E-state index contributed by atoms with van der Waals surface area (Å²) in [5, 5.41) is 9.29. The van der Waals surface area contributed by atoms with E-state index in [0.717, 1.165) is 0 Å². The summed E-state index contributed by atoms with van der Waals surface area (Å²) in [5.41, 5.74) is 1.57.